The van der Waals surface area contributed by atoms with Crippen LogP contribution in [0.15, 0.2) is 73.1 Å². The van der Waals surface area contributed by atoms with Crippen LogP contribution in [0, 0.1) is 5.92 Å². The number of piperidine rings is 1. The van der Waals surface area contributed by atoms with Crippen LogP contribution in [0.25, 0.3) is 22.0 Å². The number of hydrogen-bond acceptors (Lipinski definition) is 5. The maximum Gasteiger partial charge on any atom is 0.490 e. The van der Waals surface area contributed by atoms with Crippen molar-refractivity contribution in [2.75, 3.05) is 13.1 Å². The van der Waals surface area contributed by atoms with Gasteiger partial charge in [0.25, 0.3) is 0 Å². The molecule has 1 amide bonds. The molecule has 0 spiro atoms. The van der Waals surface area contributed by atoms with Crippen LogP contribution in [0.5, 0.6) is 0 Å². The minimum atomic E-state index is -5.08. The molecule has 2 aromatic heterocycles. The summed E-state index contributed by atoms with van der Waals surface area (Å²) in [6, 6.07) is 19.0. The van der Waals surface area contributed by atoms with Crippen molar-refractivity contribution >= 4 is 46.0 Å². The Hall–Kier alpha value is -3.73. The van der Waals surface area contributed by atoms with Crippen molar-refractivity contribution < 1.29 is 33.0 Å². The van der Waals surface area contributed by atoms with E-state index in [1.165, 1.54) is 0 Å². The topological polar surface area (TPSA) is 104 Å². The monoisotopic (exact) mass is 619 g/mol. The number of nitrogens with zero attached hydrogens (tertiary/aromatic N) is 3. The zero-order valence-corrected chi connectivity index (χ0v) is 23.8. The van der Waals surface area contributed by atoms with Crippen molar-refractivity contribution in [2.45, 2.75) is 31.5 Å². The Morgan fingerprint density at radius 2 is 1.62 bits per heavy atom. The van der Waals surface area contributed by atoms with Gasteiger partial charge in [-0.25, -0.2) is 9.78 Å². The number of amides is 1. The first kappa shape index (κ1) is 31.2. The minimum Gasteiger partial charge on any atom is -0.475 e. The van der Waals surface area contributed by atoms with E-state index in [9.17, 15) is 23.1 Å². The maximum atomic E-state index is 12.4. The molecule has 1 fully saturated rings. The summed E-state index contributed by atoms with van der Waals surface area (Å²) in [6.07, 6.45) is -0.341. The molecule has 1 aliphatic rings. The van der Waals surface area contributed by atoms with E-state index in [1.54, 1.807) is 19.3 Å². The second kappa shape index (κ2) is 12.6. The molecule has 2 aromatic carbocycles. The lowest BCUT2D eigenvalue weighted by molar-refractivity contribution is -0.192. The molecule has 2 N–H and O–H groups in total. The summed E-state index contributed by atoms with van der Waals surface area (Å²) in [5, 5.41) is 21.0. The van der Waals surface area contributed by atoms with Crippen LogP contribution >= 0.6 is 23.2 Å². The minimum absolute atomic E-state index is 0.0576. The lowest BCUT2D eigenvalue weighted by atomic mass is 9.72. The van der Waals surface area contributed by atoms with E-state index in [-0.39, 0.29) is 11.8 Å². The Kier molecular flexibility index (Phi) is 9.40. The lowest BCUT2D eigenvalue weighted by Crippen LogP contribution is -2.45. The van der Waals surface area contributed by atoms with Crippen LogP contribution in [0.1, 0.15) is 30.9 Å². The highest BCUT2D eigenvalue weighted by Gasteiger charge is 2.42. The van der Waals surface area contributed by atoms with Gasteiger partial charge in [-0.15, -0.1) is 0 Å². The number of halogens is 5. The number of benzene rings is 2. The molecule has 4 aromatic rings. The van der Waals surface area contributed by atoms with Crippen LogP contribution in [0.2, 0.25) is 10.2 Å². The molecule has 0 radical (unpaired) electrons. The van der Waals surface area contributed by atoms with Crippen molar-refractivity contribution in [3.8, 4) is 11.1 Å². The molecule has 5 rings (SSSR count). The number of carbonyl (C=O) groups excluding carboxylic acids is 1. The van der Waals surface area contributed by atoms with Gasteiger partial charge in [0.05, 0.1) is 10.5 Å². The van der Waals surface area contributed by atoms with E-state index < -0.39 is 17.7 Å². The predicted molar refractivity (Wildman–Crippen MR) is 153 cm³/mol. The van der Waals surface area contributed by atoms with E-state index in [0.29, 0.717) is 58.3 Å². The van der Waals surface area contributed by atoms with Gasteiger partial charge in [0.15, 0.2) is 0 Å². The summed E-state index contributed by atoms with van der Waals surface area (Å²) in [4.78, 5) is 31.5. The number of alkyl halides is 3. The lowest BCUT2D eigenvalue weighted by Gasteiger charge is -2.42. The van der Waals surface area contributed by atoms with Gasteiger partial charge in [0, 0.05) is 48.9 Å². The summed E-state index contributed by atoms with van der Waals surface area (Å²) in [6.45, 7) is 2.79. The Labute approximate surface area is 249 Å². The summed E-state index contributed by atoms with van der Waals surface area (Å²) in [5.74, 6) is -2.80. The van der Waals surface area contributed by atoms with Crippen LogP contribution in [0.4, 0.5) is 13.2 Å². The number of carboxylic acids is 1. The normalized spacial score (nSPS) is 15.5. The van der Waals surface area contributed by atoms with E-state index in [1.807, 2.05) is 65.6 Å². The number of aliphatic hydroxyl groups is 1. The predicted octanol–water partition coefficient (Wildman–Crippen LogP) is 6.73. The van der Waals surface area contributed by atoms with E-state index >= 15 is 0 Å². The van der Waals surface area contributed by atoms with Crippen LogP contribution in [-0.2, 0) is 15.2 Å². The van der Waals surface area contributed by atoms with Gasteiger partial charge < -0.3 is 15.1 Å². The van der Waals surface area contributed by atoms with Crippen LogP contribution < -0.4 is 0 Å². The first-order valence-electron chi connectivity index (χ1n) is 12.9. The standard InChI is InChI=1S/C28H25Cl2N3O2.C2HF3O2/c1-18(34)33-14-11-20(12-15-33)28(35,22-8-5-13-31-17-22)21-9-10-24-23(16-21)26(29)25(27(30)32-24)19-6-3-2-4-7-19;3-2(4,5)1(6)7/h2-10,13,16-17,20,35H,11-12,14-15H2,1H3;(H,6,7). The van der Waals surface area contributed by atoms with Gasteiger partial charge in [-0.1, -0.05) is 65.7 Å². The molecule has 1 unspecified atom stereocenters. The fourth-order valence-corrected chi connectivity index (χ4v) is 5.82. The quantitative estimate of drug-likeness (QED) is 0.245. The molecule has 12 heteroatoms. The molecule has 0 saturated carbocycles. The van der Waals surface area contributed by atoms with Crippen LogP contribution in [0.3, 0.4) is 0 Å². The number of carboxylic acid groups (broad SMARTS) is 1. The molecule has 1 atom stereocenters. The highest BCUT2D eigenvalue weighted by molar-refractivity contribution is 6.42. The first-order valence-corrected chi connectivity index (χ1v) is 13.6. The largest absolute Gasteiger partial charge is 0.490 e. The summed E-state index contributed by atoms with van der Waals surface area (Å²) >= 11 is 13.5. The summed E-state index contributed by atoms with van der Waals surface area (Å²) in [7, 11) is 0. The number of aliphatic carboxylic acids is 1. The molecule has 0 bridgehead atoms. The van der Waals surface area contributed by atoms with E-state index in [0.717, 1.165) is 10.9 Å². The smallest absolute Gasteiger partial charge is 0.475 e. The zero-order chi connectivity index (χ0) is 30.7. The molecule has 1 aliphatic heterocycles. The number of fused-ring (bicyclic) bond motifs is 1. The SMILES string of the molecule is CC(=O)N1CCC(C(O)(c2cccnc2)c2ccc3nc(Cl)c(-c4ccccc4)c(Cl)c3c2)CC1.O=C(O)C(F)(F)F. The number of aromatic nitrogens is 2. The third-order valence-electron chi connectivity index (χ3n) is 7.26. The van der Waals surface area contributed by atoms with Gasteiger partial charge in [0.1, 0.15) is 10.8 Å². The van der Waals surface area contributed by atoms with Crippen molar-refractivity contribution in [2.24, 2.45) is 5.92 Å². The van der Waals surface area contributed by atoms with E-state index in [4.69, 9.17) is 33.1 Å². The fourth-order valence-electron chi connectivity index (χ4n) is 5.12. The fraction of sp³-hybridized carbons (Fsp3) is 0.267. The molecule has 0 aliphatic carbocycles. The maximum absolute atomic E-state index is 12.4. The second-order valence-corrected chi connectivity index (χ2v) is 10.5. The molecule has 220 valence electrons. The van der Waals surface area contributed by atoms with Crippen molar-refractivity contribution in [3.63, 3.8) is 0 Å². The highest BCUT2D eigenvalue weighted by atomic mass is 35.5. The Morgan fingerprint density at radius 3 is 2.17 bits per heavy atom. The number of likely N-dealkylation sites (tertiary alicyclic amines) is 1. The molecule has 1 saturated heterocycles. The zero-order valence-electron chi connectivity index (χ0n) is 22.3. The Morgan fingerprint density at radius 1 is 0.976 bits per heavy atom. The number of carbonyl (C=O) groups is 2. The summed E-state index contributed by atoms with van der Waals surface area (Å²) in [5.41, 5.74) is 2.32. The average molecular weight is 620 g/mol. The number of pyridine rings is 2. The van der Waals surface area contributed by atoms with Gasteiger partial charge in [0.2, 0.25) is 5.91 Å². The number of rotatable bonds is 4. The van der Waals surface area contributed by atoms with Gasteiger partial charge in [-0.2, -0.15) is 13.2 Å². The first-order chi connectivity index (χ1) is 19.8. The van der Waals surface area contributed by atoms with E-state index in [2.05, 4.69) is 9.97 Å². The molecule has 3 heterocycles. The van der Waals surface area contributed by atoms with Crippen LogP contribution in [-0.4, -0.2) is 56.2 Å². The Balaban J connectivity index is 0.000000517. The average Bonchev–Trinajstić information content (AvgIpc) is 2.97. The number of hydrogen-bond donors (Lipinski definition) is 2. The molecular weight excluding hydrogens is 594 g/mol. The molecule has 42 heavy (non-hydrogen) atoms. The molecular formula is C30H26Cl2F3N3O4. The Bertz CT molecular complexity index is 1580. The van der Waals surface area contributed by atoms with Gasteiger partial charge in [-0.3, -0.25) is 9.78 Å². The molecule has 7 nitrogen and oxygen atoms in total. The summed E-state index contributed by atoms with van der Waals surface area (Å²) < 4.78 is 31.7. The second-order valence-electron chi connectivity index (χ2n) is 9.78. The highest BCUT2D eigenvalue weighted by Crippen LogP contribution is 2.44. The van der Waals surface area contributed by atoms with Crippen molar-refractivity contribution in [1.29, 1.82) is 0 Å². The third-order valence-corrected chi connectivity index (χ3v) is 7.92. The third kappa shape index (κ3) is 6.51. The van der Waals surface area contributed by atoms with Gasteiger partial charge in [-0.05, 0) is 48.1 Å². The van der Waals surface area contributed by atoms with Crippen molar-refractivity contribution in [3.05, 3.63) is 94.4 Å². The van der Waals surface area contributed by atoms with Gasteiger partial charge >= 0.3 is 12.1 Å². The van der Waals surface area contributed by atoms with Crippen molar-refractivity contribution in [1.82, 2.24) is 14.9 Å².